The van der Waals surface area contributed by atoms with E-state index >= 15 is 0 Å². The van der Waals surface area contributed by atoms with Gasteiger partial charge in [0.2, 0.25) is 0 Å². The summed E-state index contributed by atoms with van der Waals surface area (Å²) in [6.07, 6.45) is 3.19. The van der Waals surface area contributed by atoms with Gasteiger partial charge in [-0.2, -0.15) is 0 Å². The SMILES string of the molecule is OC1(Cc2ccccc2Br)CCc2cc(Br)ccc2C1. The lowest BCUT2D eigenvalue weighted by molar-refractivity contribution is 0.0266. The first-order valence-electron chi connectivity index (χ1n) is 6.79. The van der Waals surface area contributed by atoms with Gasteiger partial charge in [-0.1, -0.05) is 56.1 Å². The number of hydrogen-bond acceptors (Lipinski definition) is 1. The van der Waals surface area contributed by atoms with Crippen molar-refractivity contribution in [3.8, 4) is 0 Å². The van der Waals surface area contributed by atoms with E-state index in [1.165, 1.54) is 16.7 Å². The largest absolute Gasteiger partial charge is 0.389 e. The Hall–Kier alpha value is -0.640. The standard InChI is InChI=1S/C17H16Br2O/c18-15-6-5-13-10-17(20,8-7-12(13)9-15)11-14-3-1-2-4-16(14)19/h1-6,9,20H,7-8,10-11H2. The number of fused-ring (bicyclic) bond motifs is 1. The van der Waals surface area contributed by atoms with E-state index in [1.54, 1.807) is 0 Å². The van der Waals surface area contributed by atoms with Crippen LogP contribution in [0.4, 0.5) is 0 Å². The topological polar surface area (TPSA) is 20.2 Å². The van der Waals surface area contributed by atoms with Crippen molar-refractivity contribution in [1.82, 2.24) is 0 Å². The van der Waals surface area contributed by atoms with Crippen molar-refractivity contribution in [3.63, 3.8) is 0 Å². The Kier molecular flexibility index (Phi) is 4.02. The summed E-state index contributed by atoms with van der Waals surface area (Å²) in [5.41, 5.74) is 3.17. The molecule has 1 N–H and O–H groups in total. The molecule has 2 aromatic carbocycles. The maximum absolute atomic E-state index is 10.9. The van der Waals surface area contributed by atoms with Crippen LogP contribution in [0.1, 0.15) is 23.1 Å². The second kappa shape index (κ2) is 5.63. The Morgan fingerprint density at radius 2 is 1.85 bits per heavy atom. The molecule has 1 atom stereocenters. The van der Waals surface area contributed by atoms with Gasteiger partial charge in [-0.25, -0.2) is 0 Å². The van der Waals surface area contributed by atoms with E-state index in [-0.39, 0.29) is 0 Å². The predicted molar refractivity (Wildman–Crippen MR) is 89.0 cm³/mol. The van der Waals surface area contributed by atoms with E-state index in [0.29, 0.717) is 6.42 Å². The molecule has 0 fully saturated rings. The molecule has 1 aliphatic carbocycles. The van der Waals surface area contributed by atoms with Crippen LogP contribution in [0.25, 0.3) is 0 Å². The van der Waals surface area contributed by atoms with Gasteiger partial charge in [0, 0.05) is 21.8 Å². The fourth-order valence-corrected chi connectivity index (χ4v) is 3.79. The zero-order valence-corrected chi connectivity index (χ0v) is 14.2. The lowest BCUT2D eigenvalue weighted by Crippen LogP contribution is -2.38. The van der Waals surface area contributed by atoms with Crippen molar-refractivity contribution in [2.24, 2.45) is 0 Å². The van der Waals surface area contributed by atoms with Crippen molar-refractivity contribution in [2.75, 3.05) is 0 Å². The zero-order chi connectivity index (χ0) is 14.2. The fraction of sp³-hybridized carbons (Fsp3) is 0.294. The maximum Gasteiger partial charge on any atom is 0.0731 e. The first-order chi connectivity index (χ1) is 9.56. The van der Waals surface area contributed by atoms with Gasteiger partial charge in [0.15, 0.2) is 0 Å². The molecule has 20 heavy (non-hydrogen) atoms. The lowest BCUT2D eigenvalue weighted by Gasteiger charge is -2.34. The number of rotatable bonds is 2. The maximum atomic E-state index is 10.9. The highest BCUT2D eigenvalue weighted by atomic mass is 79.9. The van der Waals surface area contributed by atoms with Crippen LogP contribution in [0.2, 0.25) is 0 Å². The zero-order valence-electron chi connectivity index (χ0n) is 11.1. The number of aliphatic hydroxyl groups is 1. The van der Waals surface area contributed by atoms with E-state index < -0.39 is 5.60 Å². The van der Waals surface area contributed by atoms with Gasteiger partial charge in [-0.05, 0) is 47.7 Å². The molecule has 0 saturated heterocycles. The normalized spacial score (nSPS) is 21.6. The lowest BCUT2D eigenvalue weighted by atomic mass is 9.77. The molecule has 1 nitrogen and oxygen atoms in total. The van der Waals surface area contributed by atoms with Crippen LogP contribution < -0.4 is 0 Å². The molecule has 1 unspecified atom stereocenters. The van der Waals surface area contributed by atoms with Gasteiger partial charge < -0.3 is 5.11 Å². The minimum atomic E-state index is -0.634. The summed E-state index contributed by atoms with van der Waals surface area (Å²) in [7, 11) is 0. The molecule has 104 valence electrons. The van der Waals surface area contributed by atoms with Crippen LogP contribution in [0.5, 0.6) is 0 Å². The van der Waals surface area contributed by atoms with E-state index in [0.717, 1.165) is 28.2 Å². The molecule has 0 bridgehead atoms. The van der Waals surface area contributed by atoms with E-state index in [1.807, 2.05) is 18.2 Å². The fourth-order valence-electron chi connectivity index (χ4n) is 2.96. The van der Waals surface area contributed by atoms with E-state index in [4.69, 9.17) is 0 Å². The molecule has 3 heteroatoms. The van der Waals surface area contributed by atoms with Gasteiger partial charge in [-0.3, -0.25) is 0 Å². The van der Waals surface area contributed by atoms with Crippen molar-refractivity contribution in [1.29, 1.82) is 0 Å². The first-order valence-corrected chi connectivity index (χ1v) is 8.37. The molecule has 0 spiro atoms. The van der Waals surface area contributed by atoms with Gasteiger partial charge in [0.05, 0.1) is 5.60 Å². The smallest absolute Gasteiger partial charge is 0.0731 e. The van der Waals surface area contributed by atoms with E-state index in [2.05, 4.69) is 56.1 Å². The van der Waals surface area contributed by atoms with Crippen LogP contribution in [-0.4, -0.2) is 10.7 Å². The molecule has 0 saturated carbocycles. The van der Waals surface area contributed by atoms with Crippen molar-refractivity contribution in [3.05, 3.63) is 68.1 Å². The molecule has 0 aromatic heterocycles. The quantitative estimate of drug-likeness (QED) is 0.782. The summed E-state index contributed by atoms with van der Waals surface area (Å²) in [5, 5.41) is 10.9. The highest BCUT2D eigenvalue weighted by molar-refractivity contribution is 9.10. The van der Waals surface area contributed by atoms with Gasteiger partial charge >= 0.3 is 0 Å². The highest BCUT2D eigenvalue weighted by Crippen LogP contribution is 2.34. The van der Waals surface area contributed by atoms with Crippen LogP contribution in [0, 0.1) is 0 Å². The highest BCUT2D eigenvalue weighted by Gasteiger charge is 2.32. The minimum absolute atomic E-state index is 0.634. The molecule has 2 aromatic rings. The van der Waals surface area contributed by atoms with Crippen LogP contribution >= 0.6 is 31.9 Å². The molecule has 1 aliphatic rings. The second-order valence-corrected chi connectivity index (χ2v) is 7.35. The number of halogens is 2. The summed E-state index contributed by atoms with van der Waals surface area (Å²) in [5.74, 6) is 0. The van der Waals surface area contributed by atoms with Crippen LogP contribution in [0.15, 0.2) is 51.4 Å². The summed E-state index contributed by atoms with van der Waals surface area (Å²) < 4.78 is 2.20. The monoisotopic (exact) mass is 394 g/mol. The predicted octanol–water partition coefficient (Wildman–Crippen LogP) is 4.67. The van der Waals surface area contributed by atoms with E-state index in [9.17, 15) is 5.11 Å². The third-order valence-electron chi connectivity index (χ3n) is 4.02. The summed E-state index contributed by atoms with van der Waals surface area (Å²) in [6, 6.07) is 14.5. The number of benzene rings is 2. The third kappa shape index (κ3) is 3.00. The van der Waals surface area contributed by atoms with Crippen LogP contribution in [0.3, 0.4) is 0 Å². The summed E-state index contributed by atoms with van der Waals surface area (Å²) in [6.45, 7) is 0. The molecule has 0 amide bonds. The van der Waals surface area contributed by atoms with Gasteiger partial charge in [0.1, 0.15) is 0 Å². The van der Waals surface area contributed by atoms with Crippen molar-refractivity contribution >= 4 is 31.9 Å². The molecular formula is C17H16Br2O. The Bertz CT molecular complexity index is 639. The molecule has 0 aliphatic heterocycles. The average molecular weight is 396 g/mol. The Balaban J connectivity index is 1.84. The third-order valence-corrected chi connectivity index (χ3v) is 5.29. The molecule has 0 heterocycles. The Morgan fingerprint density at radius 1 is 1.05 bits per heavy atom. The van der Waals surface area contributed by atoms with Gasteiger partial charge in [0.25, 0.3) is 0 Å². The molecular weight excluding hydrogens is 380 g/mol. The number of hydrogen-bond donors (Lipinski definition) is 1. The Morgan fingerprint density at radius 3 is 2.65 bits per heavy atom. The van der Waals surface area contributed by atoms with Crippen molar-refractivity contribution < 1.29 is 5.11 Å². The second-order valence-electron chi connectivity index (χ2n) is 5.58. The number of aryl methyl sites for hydroxylation is 1. The van der Waals surface area contributed by atoms with Crippen molar-refractivity contribution in [2.45, 2.75) is 31.3 Å². The Labute approximate surface area is 136 Å². The van der Waals surface area contributed by atoms with Gasteiger partial charge in [-0.15, -0.1) is 0 Å². The molecule has 3 rings (SSSR count). The summed E-state index contributed by atoms with van der Waals surface area (Å²) in [4.78, 5) is 0. The first kappa shape index (κ1) is 14.3. The molecule has 0 radical (unpaired) electrons. The van der Waals surface area contributed by atoms with Crippen LogP contribution in [-0.2, 0) is 19.3 Å². The minimum Gasteiger partial charge on any atom is -0.389 e. The summed E-state index contributed by atoms with van der Waals surface area (Å²) >= 11 is 7.08. The average Bonchev–Trinajstić information content (AvgIpc) is 2.42.